The number of fused-ring (bicyclic) bond motifs is 4. The van der Waals surface area contributed by atoms with Gasteiger partial charge in [0.1, 0.15) is 12.3 Å². The number of hydrogen-bond donors (Lipinski definition) is 1. The Hall–Kier alpha value is -2.75. The summed E-state index contributed by atoms with van der Waals surface area (Å²) in [5.74, 6) is -2.06. The Morgan fingerprint density at radius 1 is 1.31 bits per heavy atom. The molecular weight excluding hydrogens is 418 g/mol. The number of rotatable bonds is 2. The molecule has 5 atom stereocenters. The van der Waals surface area contributed by atoms with E-state index in [-0.39, 0.29) is 43.9 Å². The smallest absolute Gasteiger partial charge is 0.339 e. The number of alkyl halides is 2. The molecule has 1 aliphatic carbocycles. The van der Waals surface area contributed by atoms with Crippen LogP contribution in [-0.2, 0) is 4.79 Å². The van der Waals surface area contributed by atoms with Gasteiger partial charge in [0.15, 0.2) is 0 Å². The van der Waals surface area contributed by atoms with Crippen LogP contribution in [0.3, 0.4) is 0 Å². The molecule has 4 fully saturated rings. The molecule has 0 spiro atoms. The molecule has 3 unspecified atom stereocenters. The summed E-state index contributed by atoms with van der Waals surface area (Å²) in [7, 11) is 0. The second-order valence-electron chi connectivity index (χ2n) is 9.36. The second kappa shape index (κ2) is 6.87. The van der Waals surface area contributed by atoms with E-state index in [2.05, 4.69) is 10.3 Å². The summed E-state index contributed by atoms with van der Waals surface area (Å²) in [4.78, 5) is 35.1. The van der Waals surface area contributed by atoms with Gasteiger partial charge in [-0.25, -0.2) is 19.0 Å². The molecular formula is C22H26F2N6O2. The Kier molecular flexibility index (Phi) is 3.61. The summed E-state index contributed by atoms with van der Waals surface area (Å²) in [6.45, 7) is -1.74. The molecule has 5 aliphatic heterocycles. The summed E-state index contributed by atoms with van der Waals surface area (Å²) in [5, 5.41) is 0.660. The summed E-state index contributed by atoms with van der Waals surface area (Å²) in [6.07, 6.45) is 8.25. The van der Waals surface area contributed by atoms with Crippen LogP contribution in [-0.4, -0.2) is 82.7 Å². The Labute approximate surface area is 189 Å². The van der Waals surface area contributed by atoms with Gasteiger partial charge in [0.05, 0.1) is 5.57 Å². The standard InChI is InChI=1S/C22H26F2N6O2/c1-27-21(32)29-5-2-15(10-18(29)26-27)30-12-14-9-16(14)17-8-13(11-25-19(17)30)20(31)28-6-3-22(23,24)4-7-28/h2,5,8,10-11,14,16-19,26H,3-4,6-7,9,12H2,1H3/t14-,16-,17?,18?,19?/m0/s1/i1D3. The van der Waals surface area contributed by atoms with Gasteiger partial charge < -0.3 is 9.80 Å². The zero-order chi connectivity index (χ0) is 24.7. The van der Waals surface area contributed by atoms with Gasteiger partial charge in [-0.3, -0.25) is 19.7 Å². The number of carbonyl (C=O) groups excluding carboxylic acids is 2. The van der Waals surface area contributed by atoms with Gasteiger partial charge in [0.2, 0.25) is 0 Å². The minimum Gasteiger partial charge on any atom is -0.349 e. The number of hydrogen-bond acceptors (Lipinski definition) is 5. The van der Waals surface area contributed by atoms with E-state index in [9.17, 15) is 18.4 Å². The van der Waals surface area contributed by atoms with Crippen LogP contribution < -0.4 is 5.43 Å². The highest BCUT2D eigenvalue weighted by atomic mass is 19.3. The first-order valence-electron chi connectivity index (χ1n) is 12.5. The van der Waals surface area contributed by atoms with E-state index < -0.39 is 25.1 Å². The molecule has 0 bridgehead atoms. The summed E-state index contributed by atoms with van der Waals surface area (Å²) in [6, 6.07) is -0.641. The van der Waals surface area contributed by atoms with E-state index in [1.807, 2.05) is 12.2 Å². The molecule has 32 heavy (non-hydrogen) atoms. The fourth-order valence-corrected chi connectivity index (χ4v) is 5.47. The molecule has 1 N–H and O–H groups in total. The number of likely N-dealkylation sites (tertiary alicyclic amines) is 2. The normalized spacial score (nSPS) is 38.8. The number of dihydropyridines is 1. The highest BCUT2D eigenvalue weighted by Gasteiger charge is 2.53. The highest BCUT2D eigenvalue weighted by molar-refractivity contribution is 6.12. The van der Waals surface area contributed by atoms with Crippen molar-refractivity contribution >= 4 is 18.2 Å². The van der Waals surface area contributed by atoms with Crippen molar-refractivity contribution in [2.45, 2.75) is 37.5 Å². The lowest BCUT2D eigenvalue weighted by molar-refractivity contribution is -0.132. The predicted octanol–water partition coefficient (Wildman–Crippen LogP) is 1.76. The summed E-state index contributed by atoms with van der Waals surface area (Å²) >= 11 is 0. The molecule has 10 heteroatoms. The third-order valence-corrected chi connectivity index (χ3v) is 7.37. The van der Waals surface area contributed by atoms with Crippen LogP contribution in [0.15, 0.2) is 40.7 Å². The zero-order valence-corrected chi connectivity index (χ0v) is 17.3. The molecule has 1 saturated carbocycles. The lowest BCUT2D eigenvalue weighted by atomic mass is 9.88. The highest BCUT2D eigenvalue weighted by Crippen LogP contribution is 2.53. The summed E-state index contributed by atoms with van der Waals surface area (Å²) in [5.41, 5.74) is 4.04. The number of amides is 3. The molecule has 0 aromatic heterocycles. The Balaban J connectivity index is 1.20. The van der Waals surface area contributed by atoms with Crippen molar-refractivity contribution in [1.29, 1.82) is 0 Å². The Morgan fingerprint density at radius 2 is 2.12 bits per heavy atom. The van der Waals surface area contributed by atoms with E-state index in [0.29, 0.717) is 22.4 Å². The quantitative estimate of drug-likeness (QED) is 0.700. The van der Waals surface area contributed by atoms with Crippen LogP contribution in [0.25, 0.3) is 0 Å². The van der Waals surface area contributed by atoms with E-state index in [1.165, 1.54) is 9.80 Å². The van der Waals surface area contributed by atoms with Gasteiger partial charge in [0, 0.05) is 67.6 Å². The van der Waals surface area contributed by atoms with Gasteiger partial charge >= 0.3 is 6.03 Å². The first kappa shape index (κ1) is 16.8. The molecule has 0 aromatic carbocycles. The third kappa shape index (κ3) is 3.15. The maximum atomic E-state index is 13.5. The number of halogens is 2. The van der Waals surface area contributed by atoms with Crippen LogP contribution in [0.4, 0.5) is 13.6 Å². The molecule has 0 radical (unpaired) electrons. The van der Waals surface area contributed by atoms with Crippen LogP contribution in [0.2, 0.25) is 0 Å². The molecule has 8 nitrogen and oxygen atoms in total. The number of allylic oxidation sites excluding steroid dienone is 1. The van der Waals surface area contributed by atoms with Gasteiger partial charge in [-0.2, -0.15) is 0 Å². The number of piperidine rings is 2. The fourth-order valence-electron chi connectivity index (χ4n) is 5.47. The molecule has 3 saturated heterocycles. The van der Waals surface area contributed by atoms with Gasteiger partial charge in [-0.05, 0) is 30.4 Å². The van der Waals surface area contributed by atoms with E-state index in [4.69, 9.17) is 9.10 Å². The van der Waals surface area contributed by atoms with Crippen molar-refractivity contribution in [3.63, 3.8) is 0 Å². The molecule has 6 aliphatic rings. The first-order chi connectivity index (χ1) is 16.5. The number of hydrazine groups is 1. The predicted molar refractivity (Wildman–Crippen MR) is 112 cm³/mol. The number of urea groups is 1. The number of aliphatic imine (C=N–C) groups is 1. The van der Waals surface area contributed by atoms with Crippen LogP contribution >= 0.6 is 0 Å². The maximum Gasteiger partial charge on any atom is 0.339 e. The molecule has 6 rings (SSSR count). The number of carbonyl (C=O) groups is 2. The van der Waals surface area contributed by atoms with Crippen LogP contribution in [0.1, 0.15) is 23.4 Å². The Bertz CT molecular complexity index is 1080. The van der Waals surface area contributed by atoms with E-state index >= 15 is 0 Å². The van der Waals surface area contributed by atoms with E-state index in [1.54, 1.807) is 18.5 Å². The lowest BCUT2D eigenvalue weighted by Gasteiger charge is -2.42. The van der Waals surface area contributed by atoms with Crippen molar-refractivity contribution in [2.75, 3.05) is 26.6 Å². The van der Waals surface area contributed by atoms with Crippen molar-refractivity contribution in [3.05, 3.63) is 35.7 Å². The van der Waals surface area contributed by atoms with E-state index in [0.717, 1.165) is 18.7 Å². The van der Waals surface area contributed by atoms with Crippen LogP contribution in [0.5, 0.6) is 0 Å². The van der Waals surface area contributed by atoms with Crippen molar-refractivity contribution in [1.82, 2.24) is 25.1 Å². The minimum absolute atomic E-state index is 0.0216. The SMILES string of the molecule is [2H]C([2H])([2H])N1NC2C=C(N3C[C@@H]4C[C@@H]4C4C=C(C(=O)N5CCC(F)(F)CC5)C=NC43)C=CN2C1=O. The molecule has 3 amide bonds. The number of nitrogens with one attached hydrogen (secondary N) is 1. The van der Waals surface area contributed by atoms with Gasteiger partial charge in [-0.1, -0.05) is 6.08 Å². The topological polar surface area (TPSA) is 71.5 Å². The third-order valence-electron chi connectivity index (χ3n) is 7.37. The maximum absolute atomic E-state index is 13.5. The molecule has 0 aromatic rings. The van der Waals surface area contributed by atoms with Gasteiger partial charge in [-0.15, -0.1) is 0 Å². The minimum atomic E-state index is -2.71. The average Bonchev–Trinajstić information content (AvgIpc) is 3.52. The van der Waals surface area contributed by atoms with Crippen molar-refractivity contribution < 1.29 is 22.5 Å². The largest absolute Gasteiger partial charge is 0.349 e. The first-order valence-corrected chi connectivity index (χ1v) is 11.0. The second-order valence-corrected chi connectivity index (χ2v) is 9.36. The van der Waals surface area contributed by atoms with Crippen molar-refractivity contribution in [3.8, 4) is 0 Å². The fraction of sp³-hybridized carbons (Fsp3) is 0.591. The summed E-state index contributed by atoms with van der Waals surface area (Å²) < 4.78 is 49.7. The molecule has 5 heterocycles. The molecule has 170 valence electrons. The average molecular weight is 448 g/mol. The monoisotopic (exact) mass is 447 g/mol. The van der Waals surface area contributed by atoms with Crippen LogP contribution in [0, 0.1) is 17.8 Å². The van der Waals surface area contributed by atoms with Crippen molar-refractivity contribution in [2.24, 2.45) is 22.7 Å². The Morgan fingerprint density at radius 3 is 2.91 bits per heavy atom. The lowest BCUT2D eigenvalue weighted by Crippen LogP contribution is -2.48. The van der Waals surface area contributed by atoms with Gasteiger partial charge in [0.25, 0.3) is 11.8 Å². The number of nitrogens with zero attached hydrogens (tertiary/aromatic N) is 5. The zero-order valence-electron chi connectivity index (χ0n) is 20.3.